The van der Waals surface area contributed by atoms with Gasteiger partial charge >= 0.3 is 0 Å². The Labute approximate surface area is 260 Å². The molecular weight excluding hydrogens is 528 g/mol. The standard InChI is InChI=1S/C34H44N4O4/c1-5-38(29-10-14-41-15-11-29)32-20-28(27-8-6-26(7-9-27)22-37-12-16-42-17-13-37)19-30(25(32)4)33(39)35-21-31-23(2)18-24(3)36-34(31)40/h6-9,18-20,29H,5,10-17,21-22H2,1-4H3,(H,35,39)(H,36,40)/i12D2,13D2,16D2,17D2. The van der Waals surface area contributed by atoms with Crippen LogP contribution < -0.4 is 15.8 Å². The van der Waals surface area contributed by atoms with Crippen LogP contribution in [0.5, 0.6) is 0 Å². The summed E-state index contributed by atoms with van der Waals surface area (Å²) in [5.41, 5.74) is 5.69. The van der Waals surface area contributed by atoms with Crippen LogP contribution in [-0.4, -0.2) is 67.7 Å². The second kappa shape index (κ2) is 13.7. The zero-order chi connectivity index (χ0) is 36.8. The highest BCUT2D eigenvalue weighted by atomic mass is 16.5. The lowest BCUT2D eigenvalue weighted by Gasteiger charge is -2.37. The third kappa shape index (κ3) is 6.94. The molecule has 8 nitrogen and oxygen atoms in total. The van der Waals surface area contributed by atoms with Crippen molar-refractivity contribution in [3.05, 3.63) is 86.3 Å². The lowest BCUT2D eigenvalue weighted by Crippen LogP contribution is -2.40. The summed E-state index contributed by atoms with van der Waals surface area (Å²) in [5, 5.41) is 2.94. The number of pyridine rings is 1. The Morgan fingerprint density at radius 2 is 1.76 bits per heavy atom. The van der Waals surface area contributed by atoms with E-state index >= 15 is 0 Å². The van der Waals surface area contributed by atoms with Crippen LogP contribution in [0, 0.1) is 20.8 Å². The predicted octanol–water partition coefficient (Wildman–Crippen LogP) is 4.73. The number of nitrogens with zero attached hydrogens (tertiary/aromatic N) is 2. The highest BCUT2D eigenvalue weighted by molar-refractivity contribution is 5.99. The van der Waals surface area contributed by atoms with E-state index in [4.69, 9.17) is 15.7 Å². The maximum atomic E-state index is 13.8. The van der Waals surface area contributed by atoms with Crippen molar-refractivity contribution in [1.82, 2.24) is 15.2 Å². The number of nitrogens with one attached hydrogen (secondary N) is 2. The maximum Gasteiger partial charge on any atom is 0.253 e. The summed E-state index contributed by atoms with van der Waals surface area (Å²) in [7, 11) is 0. The molecule has 0 radical (unpaired) electrons. The summed E-state index contributed by atoms with van der Waals surface area (Å²) in [6, 6.07) is 12.7. The van der Waals surface area contributed by atoms with Gasteiger partial charge in [0, 0.05) is 79.9 Å². The summed E-state index contributed by atoms with van der Waals surface area (Å²) >= 11 is 0. The molecule has 0 bridgehead atoms. The molecule has 1 amide bonds. The van der Waals surface area contributed by atoms with Crippen molar-refractivity contribution < 1.29 is 25.2 Å². The van der Waals surface area contributed by atoms with Gasteiger partial charge in [0.1, 0.15) is 0 Å². The highest BCUT2D eigenvalue weighted by Gasteiger charge is 2.25. The van der Waals surface area contributed by atoms with Crippen LogP contribution in [0.4, 0.5) is 5.69 Å². The van der Waals surface area contributed by atoms with Gasteiger partial charge in [0.15, 0.2) is 0 Å². The van der Waals surface area contributed by atoms with E-state index in [1.54, 1.807) is 37.3 Å². The number of carbonyl (C=O) groups is 1. The van der Waals surface area contributed by atoms with E-state index in [1.807, 2.05) is 26.0 Å². The molecule has 3 heterocycles. The van der Waals surface area contributed by atoms with Crippen molar-refractivity contribution in [3.8, 4) is 11.1 Å². The SMILES string of the molecule is [2H]C1([2H])OC([2H])([2H])C([2H])([2H])N(Cc2ccc(-c3cc(C(=O)NCc4c(C)cc(C)[nH]c4=O)c(C)c(N(CC)C4CCOCC4)c3)cc2)C1([2H])[2H]. The van der Waals surface area contributed by atoms with Crippen molar-refractivity contribution in [3.63, 3.8) is 0 Å². The Bertz CT molecular complexity index is 1770. The minimum Gasteiger partial charge on any atom is -0.381 e. The van der Waals surface area contributed by atoms with Gasteiger partial charge in [0.2, 0.25) is 0 Å². The topological polar surface area (TPSA) is 86.9 Å². The molecule has 2 fully saturated rings. The maximum absolute atomic E-state index is 13.8. The molecule has 1 aromatic heterocycles. The summed E-state index contributed by atoms with van der Waals surface area (Å²) in [6.45, 7) is -3.06. The lowest BCUT2D eigenvalue weighted by atomic mass is 9.94. The second-order valence-corrected chi connectivity index (χ2v) is 10.7. The van der Waals surface area contributed by atoms with Crippen molar-refractivity contribution in [2.24, 2.45) is 0 Å². The van der Waals surface area contributed by atoms with E-state index in [9.17, 15) is 9.59 Å². The molecule has 224 valence electrons. The Morgan fingerprint density at radius 1 is 1.05 bits per heavy atom. The van der Waals surface area contributed by atoms with Crippen LogP contribution in [0.2, 0.25) is 0 Å². The summed E-state index contributed by atoms with van der Waals surface area (Å²) in [4.78, 5) is 32.1. The van der Waals surface area contributed by atoms with Gasteiger partial charge in [-0.1, -0.05) is 24.3 Å². The van der Waals surface area contributed by atoms with Crippen LogP contribution >= 0.6 is 0 Å². The Hall–Kier alpha value is -3.46. The second-order valence-electron chi connectivity index (χ2n) is 10.7. The number of H-pyrrole nitrogens is 1. The van der Waals surface area contributed by atoms with Crippen LogP contribution in [0.15, 0.2) is 47.3 Å². The first-order valence-corrected chi connectivity index (χ1v) is 14.3. The minimum atomic E-state index is -3.13. The summed E-state index contributed by atoms with van der Waals surface area (Å²) < 4.78 is 75.5. The average Bonchev–Trinajstić information content (AvgIpc) is 3.03. The third-order valence-corrected chi connectivity index (χ3v) is 7.92. The van der Waals surface area contributed by atoms with Crippen LogP contribution in [0.3, 0.4) is 0 Å². The van der Waals surface area contributed by atoms with Gasteiger partial charge in [0.25, 0.3) is 11.5 Å². The first-order chi connectivity index (χ1) is 23.3. The molecule has 2 aromatic carbocycles. The fourth-order valence-electron chi connectivity index (χ4n) is 5.66. The van der Waals surface area contributed by atoms with E-state index in [2.05, 4.69) is 26.9 Å². The molecule has 5 rings (SSSR count). The molecule has 2 N–H and O–H groups in total. The number of carbonyl (C=O) groups excluding carboxylic acids is 1. The molecule has 0 saturated carbocycles. The Kier molecular flexibility index (Phi) is 6.92. The van der Waals surface area contributed by atoms with E-state index < -0.39 is 32.7 Å². The number of hydrogen-bond donors (Lipinski definition) is 2. The zero-order valence-corrected chi connectivity index (χ0v) is 24.6. The number of anilines is 1. The molecule has 2 saturated heterocycles. The van der Waals surface area contributed by atoms with Gasteiger partial charge in [-0.05, 0) is 86.6 Å². The molecule has 0 spiro atoms. The number of benzene rings is 2. The fraction of sp³-hybridized carbons (Fsp3) is 0.471. The molecule has 42 heavy (non-hydrogen) atoms. The molecule has 0 atom stereocenters. The van der Waals surface area contributed by atoms with E-state index in [-0.39, 0.29) is 24.1 Å². The molecule has 3 aromatic rings. The normalized spacial score (nSPS) is 24.0. The van der Waals surface area contributed by atoms with E-state index in [0.717, 1.165) is 46.5 Å². The number of hydrogen-bond acceptors (Lipinski definition) is 6. The van der Waals surface area contributed by atoms with Crippen molar-refractivity contribution >= 4 is 11.6 Å². The summed E-state index contributed by atoms with van der Waals surface area (Å²) in [5.74, 6) is -0.343. The van der Waals surface area contributed by atoms with Crippen molar-refractivity contribution in [2.45, 2.75) is 59.7 Å². The number of rotatable bonds is 9. The molecule has 8 heteroatoms. The molecular formula is C34H44N4O4. The average molecular weight is 581 g/mol. The fourth-order valence-corrected chi connectivity index (χ4v) is 5.66. The van der Waals surface area contributed by atoms with Crippen molar-refractivity contribution in [2.75, 3.05) is 50.8 Å². The minimum absolute atomic E-state index is 0.0454. The van der Waals surface area contributed by atoms with Gasteiger partial charge in [-0.25, -0.2) is 0 Å². The summed E-state index contributed by atoms with van der Waals surface area (Å²) in [6.07, 6.45) is 1.67. The first kappa shape index (κ1) is 21.3. The van der Waals surface area contributed by atoms with Crippen LogP contribution in [0.25, 0.3) is 11.1 Å². The Balaban J connectivity index is 1.50. The number of morpholine rings is 1. The third-order valence-electron chi connectivity index (χ3n) is 7.92. The Morgan fingerprint density at radius 3 is 2.43 bits per heavy atom. The smallest absolute Gasteiger partial charge is 0.253 e. The number of amides is 1. The zero-order valence-electron chi connectivity index (χ0n) is 32.6. The van der Waals surface area contributed by atoms with Gasteiger partial charge < -0.3 is 24.7 Å². The van der Waals surface area contributed by atoms with Gasteiger partial charge in [-0.2, -0.15) is 0 Å². The van der Waals surface area contributed by atoms with Gasteiger partial charge in [0.05, 0.1) is 18.6 Å². The highest BCUT2D eigenvalue weighted by Crippen LogP contribution is 2.34. The quantitative estimate of drug-likeness (QED) is 0.381. The molecule has 0 unspecified atom stereocenters. The van der Waals surface area contributed by atoms with Gasteiger partial charge in [-0.3, -0.25) is 14.5 Å². The van der Waals surface area contributed by atoms with E-state index in [0.29, 0.717) is 41.3 Å². The largest absolute Gasteiger partial charge is 0.381 e. The van der Waals surface area contributed by atoms with Crippen LogP contribution in [0.1, 0.15) is 69.0 Å². The number of aromatic amines is 1. The van der Waals surface area contributed by atoms with Crippen molar-refractivity contribution in [1.29, 1.82) is 0 Å². The number of ether oxygens (including phenoxy) is 2. The molecule has 2 aliphatic heterocycles. The predicted molar refractivity (Wildman–Crippen MR) is 167 cm³/mol. The number of aromatic nitrogens is 1. The van der Waals surface area contributed by atoms with Crippen LogP contribution in [-0.2, 0) is 22.6 Å². The molecule has 2 aliphatic rings. The van der Waals surface area contributed by atoms with Gasteiger partial charge in [-0.15, -0.1) is 0 Å². The molecule has 0 aliphatic carbocycles. The monoisotopic (exact) mass is 580 g/mol. The number of aryl methyl sites for hydroxylation is 2. The first-order valence-electron chi connectivity index (χ1n) is 18.3. The van der Waals surface area contributed by atoms with E-state index in [1.165, 1.54) is 0 Å². The lowest BCUT2D eigenvalue weighted by molar-refractivity contribution is 0.0342.